The minimum atomic E-state index is -0.226. The van der Waals surface area contributed by atoms with Gasteiger partial charge in [-0.15, -0.1) is 0 Å². The molecule has 0 fully saturated rings. The molecule has 262 valence electrons. The van der Waals surface area contributed by atoms with E-state index in [9.17, 15) is 0 Å². The van der Waals surface area contributed by atoms with Crippen molar-refractivity contribution in [2.45, 2.75) is 91.0 Å². The molecule has 1 atom stereocenters. The summed E-state index contributed by atoms with van der Waals surface area (Å²) in [5, 5.41) is 0. The van der Waals surface area contributed by atoms with E-state index in [0.29, 0.717) is 24.2 Å². The molecule has 0 bridgehead atoms. The van der Waals surface area contributed by atoms with Crippen molar-refractivity contribution in [3.63, 3.8) is 0 Å². The molecule has 2 aromatic heterocycles. The second-order valence-corrected chi connectivity index (χ2v) is 15.5. The summed E-state index contributed by atoms with van der Waals surface area (Å²) < 4.78 is 13.1. The first-order valence-electron chi connectivity index (χ1n) is 18.5. The third-order valence-electron chi connectivity index (χ3n) is 10.4. The minimum Gasteiger partial charge on any atom is -0.475 e. The van der Waals surface area contributed by atoms with Gasteiger partial charge in [0.05, 0.1) is 23.1 Å². The fraction of sp³-hybridized carbons (Fsp3) is 0.356. The first kappa shape index (κ1) is 34.5. The fourth-order valence-electron chi connectivity index (χ4n) is 7.67. The van der Waals surface area contributed by atoms with Crippen molar-refractivity contribution in [2.24, 2.45) is 10.9 Å². The first-order chi connectivity index (χ1) is 24.6. The molecular formula is C45H50N4O2. The predicted octanol–water partition coefficient (Wildman–Crippen LogP) is 11.7. The highest BCUT2D eigenvalue weighted by Crippen LogP contribution is 2.52. The van der Waals surface area contributed by atoms with Gasteiger partial charge in [0.2, 0.25) is 5.90 Å². The largest absolute Gasteiger partial charge is 0.475 e. The van der Waals surface area contributed by atoms with Crippen molar-refractivity contribution >= 4 is 23.1 Å². The van der Waals surface area contributed by atoms with Crippen LogP contribution < -0.4 is 9.64 Å². The van der Waals surface area contributed by atoms with Crippen LogP contribution in [-0.2, 0) is 15.6 Å². The van der Waals surface area contributed by atoms with E-state index in [1.54, 1.807) is 0 Å². The van der Waals surface area contributed by atoms with Gasteiger partial charge in [-0.1, -0.05) is 91.6 Å². The lowest BCUT2D eigenvalue weighted by Gasteiger charge is -2.41. The Kier molecular flexibility index (Phi) is 9.45. The first-order valence-corrected chi connectivity index (χ1v) is 18.5. The van der Waals surface area contributed by atoms with E-state index in [1.165, 1.54) is 16.7 Å². The molecule has 7 rings (SSSR count). The van der Waals surface area contributed by atoms with E-state index in [4.69, 9.17) is 19.5 Å². The molecule has 0 radical (unpaired) electrons. The Morgan fingerprint density at radius 2 is 1.53 bits per heavy atom. The SMILES string of the molecule is CCCC(CCC)[C@@H]1COC(c2cc(Oc3ccc4c(c3)N(c3cc(C(C)(C)C)ccn3)c3ccccc3C4(C)C)cc(-c3ccccn3)c2)=N1. The Morgan fingerprint density at radius 3 is 2.27 bits per heavy atom. The topological polar surface area (TPSA) is 59.8 Å². The van der Waals surface area contributed by atoms with Gasteiger partial charge in [-0.25, -0.2) is 9.98 Å². The Morgan fingerprint density at radius 1 is 0.784 bits per heavy atom. The Balaban J connectivity index is 1.31. The van der Waals surface area contributed by atoms with Crippen LogP contribution in [0.15, 0.2) is 108 Å². The number of aliphatic imine (C=N–C) groups is 1. The molecule has 2 aliphatic heterocycles. The number of aromatic nitrogens is 2. The zero-order valence-electron chi connectivity index (χ0n) is 31.1. The van der Waals surface area contributed by atoms with Gasteiger partial charge in [0.25, 0.3) is 0 Å². The van der Waals surface area contributed by atoms with Gasteiger partial charge in [0.1, 0.15) is 23.9 Å². The normalized spacial score (nSPS) is 16.4. The smallest absolute Gasteiger partial charge is 0.216 e. The average Bonchev–Trinajstić information content (AvgIpc) is 3.62. The van der Waals surface area contributed by atoms with E-state index < -0.39 is 0 Å². The van der Waals surface area contributed by atoms with Crippen LogP contribution in [0.25, 0.3) is 11.3 Å². The van der Waals surface area contributed by atoms with Crippen molar-refractivity contribution in [3.05, 3.63) is 126 Å². The van der Waals surface area contributed by atoms with Gasteiger partial charge < -0.3 is 9.47 Å². The molecule has 0 saturated carbocycles. The van der Waals surface area contributed by atoms with Crippen LogP contribution in [0.4, 0.5) is 17.2 Å². The van der Waals surface area contributed by atoms with Crippen molar-refractivity contribution in [2.75, 3.05) is 11.5 Å². The molecule has 4 heterocycles. The van der Waals surface area contributed by atoms with E-state index >= 15 is 0 Å². The lowest BCUT2D eigenvalue weighted by atomic mass is 9.73. The van der Waals surface area contributed by atoms with Gasteiger partial charge in [0.15, 0.2) is 0 Å². The number of para-hydroxylation sites is 1. The Bertz CT molecular complexity index is 2040. The Labute approximate surface area is 303 Å². The van der Waals surface area contributed by atoms with Crippen LogP contribution in [0, 0.1) is 5.92 Å². The van der Waals surface area contributed by atoms with E-state index in [2.05, 4.69) is 125 Å². The van der Waals surface area contributed by atoms with Gasteiger partial charge in [-0.3, -0.25) is 9.88 Å². The number of ether oxygens (including phenoxy) is 2. The van der Waals surface area contributed by atoms with Crippen molar-refractivity contribution in [3.8, 4) is 22.8 Å². The molecule has 0 spiro atoms. The van der Waals surface area contributed by atoms with E-state index in [0.717, 1.165) is 65.4 Å². The monoisotopic (exact) mass is 678 g/mol. The molecule has 0 amide bonds. The number of pyridine rings is 2. The van der Waals surface area contributed by atoms with Gasteiger partial charge in [-0.05, 0) is 95.5 Å². The quantitative estimate of drug-likeness (QED) is 0.147. The molecule has 2 aliphatic rings. The predicted molar refractivity (Wildman–Crippen MR) is 209 cm³/mol. The van der Waals surface area contributed by atoms with Crippen LogP contribution in [0.3, 0.4) is 0 Å². The van der Waals surface area contributed by atoms with Crippen LogP contribution in [-0.4, -0.2) is 28.5 Å². The number of hydrogen-bond donors (Lipinski definition) is 0. The molecule has 3 aromatic carbocycles. The second-order valence-electron chi connectivity index (χ2n) is 15.5. The highest BCUT2D eigenvalue weighted by atomic mass is 16.5. The Hall–Kier alpha value is -4.97. The van der Waals surface area contributed by atoms with E-state index in [1.807, 2.05) is 36.7 Å². The summed E-state index contributed by atoms with van der Waals surface area (Å²) in [5.74, 6) is 3.54. The van der Waals surface area contributed by atoms with Crippen LogP contribution >= 0.6 is 0 Å². The summed E-state index contributed by atoms with van der Waals surface area (Å²) >= 11 is 0. The van der Waals surface area contributed by atoms with E-state index in [-0.39, 0.29) is 16.9 Å². The zero-order valence-corrected chi connectivity index (χ0v) is 31.1. The molecule has 51 heavy (non-hydrogen) atoms. The number of hydrogen-bond acceptors (Lipinski definition) is 6. The number of fused-ring (bicyclic) bond motifs is 2. The summed E-state index contributed by atoms with van der Waals surface area (Å²) in [6.45, 7) is 16.4. The second kappa shape index (κ2) is 14.0. The zero-order chi connectivity index (χ0) is 35.8. The number of nitrogens with zero attached hydrogens (tertiary/aromatic N) is 4. The van der Waals surface area contributed by atoms with Crippen molar-refractivity contribution < 1.29 is 9.47 Å². The summed E-state index contributed by atoms with van der Waals surface area (Å²) in [5.41, 5.74) is 8.38. The molecular weight excluding hydrogens is 629 g/mol. The molecule has 6 heteroatoms. The van der Waals surface area contributed by atoms with Crippen LogP contribution in [0.2, 0.25) is 0 Å². The molecule has 5 aromatic rings. The molecule has 0 aliphatic carbocycles. The van der Waals surface area contributed by atoms with Crippen molar-refractivity contribution in [1.29, 1.82) is 0 Å². The van der Waals surface area contributed by atoms with Gasteiger partial charge in [-0.2, -0.15) is 0 Å². The summed E-state index contributed by atoms with van der Waals surface area (Å²) in [4.78, 5) is 17.0. The number of rotatable bonds is 10. The molecule has 0 unspecified atom stereocenters. The summed E-state index contributed by atoms with van der Waals surface area (Å²) in [6, 6.07) is 31.8. The molecule has 0 N–H and O–H groups in total. The van der Waals surface area contributed by atoms with Crippen LogP contribution in [0.5, 0.6) is 11.5 Å². The maximum atomic E-state index is 6.79. The van der Waals surface area contributed by atoms with Gasteiger partial charge in [0, 0.05) is 35.0 Å². The van der Waals surface area contributed by atoms with Gasteiger partial charge >= 0.3 is 0 Å². The lowest BCUT2D eigenvalue weighted by molar-refractivity contribution is 0.261. The lowest BCUT2D eigenvalue weighted by Crippen LogP contribution is -2.31. The molecule has 0 saturated heterocycles. The van der Waals surface area contributed by atoms with Crippen LogP contribution in [0.1, 0.15) is 96.4 Å². The minimum absolute atomic E-state index is 0.0172. The van der Waals surface area contributed by atoms with Crippen molar-refractivity contribution in [1.82, 2.24) is 9.97 Å². The molecule has 6 nitrogen and oxygen atoms in total. The summed E-state index contributed by atoms with van der Waals surface area (Å²) in [7, 11) is 0. The number of anilines is 3. The summed E-state index contributed by atoms with van der Waals surface area (Å²) in [6.07, 6.45) is 8.37. The fourth-order valence-corrected chi connectivity index (χ4v) is 7.67. The third kappa shape index (κ3) is 6.89. The maximum Gasteiger partial charge on any atom is 0.216 e. The average molecular weight is 679 g/mol. The third-order valence-corrected chi connectivity index (χ3v) is 10.4. The number of benzene rings is 3. The standard InChI is InChI=1S/C45H50N4O2/c1-8-14-30(15-9-2)39-29-50-43(48-39)32-24-31(38-17-12-13-22-46-38)25-35(26-32)51-34-19-20-37-41(28-34)49(40-18-11-10-16-36(40)45(37,6)7)42-27-33(21-23-47-42)44(3,4)5/h10-13,16-28,30,39H,8-9,14-15,29H2,1-7H3/t39-/m0/s1. The highest BCUT2D eigenvalue weighted by molar-refractivity contribution is 5.97. The maximum absolute atomic E-state index is 6.79. The highest BCUT2D eigenvalue weighted by Gasteiger charge is 2.38.